The molecule has 0 aliphatic rings. The number of fused-ring (bicyclic) bond motifs is 1. The van der Waals surface area contributed by atoms with Gasteiger partial charge in [0.1, 0.15) is 0 Å². The first-order chi connectivity index (χ1) is 11.5. The summed E-state index contributed by atoms with van der Waals surface area (Å²) in [5.41, 5.74) is 1.54. The average Bonchev–Trinajstić information content (AvgIpc) is 2.54. The van der Waals surface area contributed by atoms with Gasteiger partial charge in [0, 0.05) is 33.7 Å². The molecule has 0 bridgehead atoms. The molecule has 0 spiro atoms. The fourth-order valence-electron chi connectivity index (χ4n) is 2.66. The number of aromatic nitrogens is 1. The molecule has 0 saturated heterocycles. The van der Waals surface area contributed by atoms with Gasteiger partial charge in [-0.2, -0.15) is 0 Å². The molecule has 1 aromatic heterocycles. The first kappa shape index (κ1) is 16.6. The third-order valence-corrected chi connectivity index (χ3v) is 4.35. The lowest BCUT2D eigenvalue weighted by Gasteiger charge is -2.14. The number of carboxylic acids is 1. The van der Waals surface area contributed by atoms with Crippen LogP contribution in [-0.4, -0.2) is 15.6 Å². The SMILES string of the molecule is O=C(O)Cc1cn(Cc2ccc(Cl)cc2Cl)c2ccccc2c1=O. The van der Waals surface area contributed by atoms with Crippen molar-refractivity contribution < 1.29 is 9.90 Å². The van der Waals surface area contributed by atoms with Crippen LogP contribution >= 0.6 is 23.2 Å². The van der Waals surface area contributed by atoms with Crippen LogP contribution in [-0.2, 0) is 17.8 Å². The number of hydrogen-bond acceptors (Lipinski definition) is 2. The van der Waals surface area contributed by atoms with Gasteiger partial charge in [0.25, 0.3) is 0 Å². The lowest BCUT2D eigenvalue weighted by molar-refractivity contribution is -0.136. The summed E-state index contributed by atoms with van der Waals surface area (Å²) in [6.07, 6.45) is 1.27. The molecule has 6 heteroatoms. The number of carboxylic acid groups (broad SMARTS) is 1. The molecule has 0 aliphatic carbocycles. The van der Waals surface area contributed by atoms with Crippen molar-refractivity contribution in [3.63, 3.8) is 0 Å². The molecule has 4 nitrogen and oxygen atoms in total. The van der Waals surface area contributed by atoms with E-state index < -0.39 is 5.97 Å². The van der Waals surface area contributed by atoms with Crippen LogP contribution in [0.2, 0.25) is 10.0 Å². The Bertz CT molecular complexity index is 995. The van der Waals surface area contributed by atoms with Gasteiger partial charge in [-0.05, 0) is 29.8 Å². The van der Waals surface area contributed by atoms with Crippen LogP contribution in [0.25, 0.3) is 10.9 Å². The topological polar surface area (TPSA) is 59.3 Å². The standard InChI is InChI=1S/C18H13Cl2NO3/c19-13-6-5-11(15(20)8-13)9-21-10-12(7-17(22)23)18(24)14-3-1-2-4-16(14)21/h1-6,8,10H,7,9H2,(H,22,23). The van der Waals surface area contributed by atoms with Crippen LogP contribution in [0.1, 0.15) is 11.1 Å². The largest absolute Gasteiger partial charge is 0.481 e. The number of carbonyl (C=O) groups is 1. The van der Waals surface area contributed by atoms with Crippen molar-refractivity contribution in [1.82, 2.24) is 4.57 Å². The Morgan fingerprint density at radius 1 is 1.08 bits per heavy atom. The molecule has 0 amide bonds. The van der Waals surface area contributed by atoms with Gasteiger partial charge in [0.15, 0.2) is 5.43 Å². The maximum atomic E-state index is 12.5. The number of para-hydroxylation sites is 1. The smallest absolute Gasteiger partial charge is 0.308 e. The van der Waals surface area contributed by atoms with E-state index in [0.29, 0.717) is 22.0 Å². The molecule has 1 heterocycles. The molecule has 0 fully saturated rings. The number of aliphatic carboxylic acids is 1. The molecule has 3 rings (SSSR count). The van der Waals surface area contributed by atoms with E-state index in [1.165, 1.54) is 0 Å². The first-order valence-corrected chi connectivity index (χ1v) is 7.98. The molecule has 0 atom stereocenters. The number of pyridine rings is 1. The molecule has 2 aromatic carbocycles. The van der Waals surface area contributed by atoms with Crippen molar-refractivity contribution in [3.8, 4) is 0 Å². The summed E-state index contributed by atoms with van der Waals surface area (Å²) in [6.45, 7) is 0.406. The molecule has 0 unspecified atom stereocenters. The Morgan fingerprint density at radius 2 is 1.83 bits per heavy atom. The minimum Gasteiger partial charge on any atom is -0.481 e. The normalized spacial score (nSPS) is 10.9. The van der Waals surface area contributed by atoms with E-state index in [0.717, 1.165) is 11.1 Å². The van der Waals surface area contributed by atoms with Crippen LogP contribution < -0.4 is 5.43 Å². The van der Waals surface area contributed by atoms with E-state index in [1.54, 1.807) is 30.5 Å². The summed E-state index contributed by atoms with van der Waals surface area (Å²) in [5.74, 6) is -1.04. The minimum absolute atomic E-state index is 0.242. The van der Waals surface area contributed by atoms with Gasteiger partial charge in [-0.15, -0.1) is 0 Å². The highest BCUT2D eigenvalue weighted by Gasteiger charge is 2.12. The van der Waals surface area contributed by atoms with E-state index in [2.05, 4.69) is 0 Å². The lowest BCUT2D eigenvalue weighted by Crippen LogP contribution is -2.18. The predicted octanol–water partition coefficient (Wildman–Crippen LogP) is 3.98. The fraction of sp³-hybridized carbons (Fsp3) is 0.111. The monoisotopic (exact) mass is 361 g/mol. The highest BCUT2D eigenvalue weighted by atomic mass is 35.5. The second-order valence-electron chi connectivity index (χ2n) is 5.43. The Balaban J connectivity index is 2.17. The van der Waals surface area contributed by atoms with Gasteiger partial charge in [0.2, 0.25) is 0 Å². The van der Waals surface area contributed by atoms with Crippen LogP contribution in [0.4, 0.5) is 0 Å². The predicted molar refractivity (Wildman–Crippen MR) is 95.1 cm³/mol. The molecule has 122 valence electrons. The zero-order chi connectivity index (χ0) is 17.3. The maximum Gasteiger partial charge on any atom is 0.308 e. The van der Waals surface area contributed by atoms with E-state index >= 15 is 0 Å². The van der Waals surface area contributed by atoms with Gasteiger partial charge in [-0.1, -0.05) is 41.4 Å². The molecule has 24 heavy (non-hydrogen) atoms. The quantitative estimate of drug-likeness (QED) is 0.764. The number of rotatable bonds is 4. The molecule has 0 radical (unpaired) electrons. The van der Waals surface area contributed by atoms with Crippen molar-refractivity contribution in [2.24, 2.45) is 0 Å². The van der Waals surface area contributed by atoms with Gasteiger partial charge in [-0.3, -0.25) is 9.59 Å². The highest BCUT2D eigenvalue weighted by molar-refractivity contribution is 6.35. The Morgan fingerprint density at radius 3 is 2.54 bits per heavy atom. The lowest BCUT2D eigenvalue weighted by atomic mass is 10.1. The second-order valence-corrected chi connectivity index (χ2v) is 6.28. The molecule has 0 saturated carbocycles. The van der Waals surface area contributed by atoms with Crippen molar-refractivity contribution in [2.45, 2.75) is 13.0 Å². The summed E-state index contributed by atoms with van der Waals surface area (Å²) >= 11 is 12.2. The average molecular weight is 362 g/mol. The fourth-order valence-corrected chi connectivity index (χ4v) is 3.13. The van der Waals surface area contributed by atoms with Gasteiger partial charge in [0.05, 0.1) is 11.9 Å². The molecular formula is C18H13Cl2NO3. The van der Waals surface area contributed by atoms with E-state index in [4.69, 9.17) is 28.3 Å². The molecule has 3 aromatic rings. The third kappa shape index (κ3) is 3.30. The zero-order valence-corrected chi connectivity index (χ0v) is 14.0. The van der Waals surface area contributed by atoms with Crippen molar-refractivity contribution in [1.29, 1.82) is 0 Å². The Labute approximate surface area is 147 Å². The van der Waals surface area contributed by atoms with Crippen molar-refractivity contribution in [3.05, 3.63) is 80.1 Å². The summed E-state index contributed by atoms with van der Waals surface area (Å²) in [4.78, 5) is 23.5. The Kier molecular flexibility index (Phi) is 4.60. The zero-order valence-electron chi connectivity index (χ0n) is 12.5. The number of nitrogens with zero attached hydrogens (tertiary/aromatic N) is 1. The Hall–Kier alpha value is -2.30. The molecular weight excluding hydrogens is 349 g/mol. The summed E-state index contributed by atoms with van der Waals surface area (Å²) < 4.78 is 1.84. The number of halogens is 2. The minimum atomic E-state index is -1.04. The van der Waals surface area contributed by atoms with E-state index in [1.807, 2.05) is 22.8 Å². The molecule has 0 aliphatic heterocycles. The summed E-state index contributed by atoms with van der Waals surface area (Å²) in [6, 6.07) is 12.3. The van der Waals surface area contributed by atoms with Crippen LogP contribution in [0.15, 0.2) is 53.5 Å². The maximum absolute atomic E-state index is 12.5. The van der Waals surface area contributed by atoms with Gasteiger partial charge in [-0.25, -0.2) is 0 Å². The first-order valence-electron chi connectivity index (χ1n) is 7.22. The van der Waals surface area contributed by atoms with E-state index in [-0.39, 0.29) is 17.4 Å². The van der Waals surface area contributed by atoms with Crippen molar-refractivity contribution in [2.75, 3.05) is 0 Å². The van der Waals surface area contributed by atoms with Crippen LogP contribution in [0, 0.1) is 0 Å². The van der Waals surface area contributed by atoms with Crippen molar-refractivity contribution >= 4 is 40.1 Å². The van der Waals surface area contributed by atoms with E-state index in [9.17, 15) is 9.59 Å². The van der Waals surface area contributed by atoms with Crippen LogP contribution in [0.5, 0.6) is 0 Å². The summed E-state index contributed by atoms with van der Waals surface area (Å²) in [5, 5.41) is 10.6. The van der Waals surface area contributed by atoms with Crippen LogP contribution in [0.3, 0.4) is 0 Å². The van der Waals surface area contributed by atoms with Gasteiger partial charge < -0.3 is 9.67 Å². The molecule has 1 N–H and O–H groups in total. The number of hydrogen-bond donors (Lipinski definition) is 1. The third-order valence-electron chi connectivity index (χ3n) is 3.76. The summed E-state index contributed by atoms with van der Waals surface area (Å²) in [7, 11) is 0. The highest BCUT2D eigenvalue weighted by Crippen LogP contribution is 2.23. The number of benzene rings is 2. The van der Waals surface area contributed by atoms with Gasteiger partial charge >= 0.3 is 5.97 Å². The second kappa shape index (κ2) is 6.67.